The lowest BCUT2D eigenvalue weighted by Gasteiger charge is -2.26. The Kier molecular flexibility index (Phi) is 6.94. The quantitative estimate of drug-likeness (QED) is 0.386. The van der Waals surface area contributed by atoms with Gasteiger partial charge in [-0.3, -0.25) is 0 Å². The fourth-order valence-corrected chi connectivity index (χ4v) is 3.45. The van der Waals surface area contributed by atoms with Crippen LogP contribution in [0.15, 0.2) is 71.8 Å². The Morgan fingerprint density at radius 1 is 0.897 bits per heavy atom. The number of benzene rings is 2. The van der Waals surface area contributed by atoms with Gasteiger partial charge in [0, 0.05) is 18.8 Å². The van der Waals surface area contributed by atoms with Crippen molar-refractivity contribution in [3.63, 3.8) is 0 Å². The van der Waals surface area contributed by atoms with E-state index in [9.17, 15) is 0 Å². The highest BCUT2D eigenvalue weighted by molar-refractivity contribution is 9.10. The average Bonchev–Trinajstić information content (AvgIpc) is 2.74. The molecule has 0 N–H and O–H groups in total. The SMILES string of the molecule is C=C(C)c1cc(N(Cc2ccc(OC)cc2)Cc2ccc(OC)cc2)cc(Br)n1. The maximum absolute atomic E-state index is 5.28. The number of rotatable bonds is 8. The van der Waals surface area contributed by atoms with Gasteiger partial charge in [0.1, 0.15) is 16.1 Å². The van der Waals surface area contributed by atoms with E-state index in [0.29, 0.717) is 0 Å². The largest absolute Gasteiger partial charge is 0.497 e. The lowest BCUT2D eigenvalue weighted by Crippen LogP contribution is -2.22. The van der Waals surface area contributed by atoms with E-state index in [-0.39, 0.29) is 0 Å². The molecule has 1 aromatic heterocycles. The molecule has 2 aromatic carbocycles. The van der Waals surface area contributed by atoms with Crippen LogP contribution in [0, 0.1) is 0 Å². The summed E-state index contributed by atoms with van der Waals surface area (Å²) in [6, 6.07) is 20.5. The highest BCUT2D eigenvalue weighted by atomic mass is 79.9. The first kappa shape index (κ1) is 20.9. The molecular weight excluding hydrogens is 428 g/mol. The number of aromatic nitrogens is 1. The molecule has 4 nitrogen and oxygen atoms in total. The number of hydrogen-bond acceptors (Lipinski definition) is 4. The molecule has 0 saturated heterocycles. The van der Waals surface area contributed by atoms with E-state index < -0.39 is 0 Å². The lowest BCUT2D eigenvalue weighted by molar-refractivity contribution is 0.414. The zero-order chi connectivity index (χ0) is 20.8. The van der Waals surface area contributed by atoms with Crippen molar-refractivity contribution in [2.24, 2.45) is 0 Å². The summed E-state index contributed by atoms with van der Waals surface area (Å²) in [5.41, 5.74) is 5.29. The maximum Gasteiger partial charge on any atom is 0.118 e. The predicted molar refractivity (Wildman–Crippen MR) is 123 cm³/mol. The van der Waals surface area contributed by atoms with Gasteiger partial charge in [0.2, 0.25) is 0 Å². The van der Waals surface area contributed by atoms with E-state index in [2.05, 4.69) is 62.7 Å². The molecule has 0 radical (unpaired) electrons. The van der Waals surface area contributed by atoms with E-state index in [0.717, 1.165) is 46.1 Å². The number of anilines is 1. The number of methoxy groups -OCH3 is 2. The van der Waals surface area contributed by atoms with Crippen molar-refractivity contribution in [1.82, 2.24) is 4.98 Å². The molecule has 0 saturated carbocycles. The van der Waals surface area contributed by atoms with Crippen molar-refractivity contribution < 1.29 is 9.47 Å². The molecule has 0 bridgehead atoms. The standard InChI is InChI=1S/C24H25BrN2O2/c1-17(2)23-13-20(14-24(25)26-23)27(15-18-5-9-21(28-3)10-6-18)16-19-7-11-22(29-4)12-8-19/h5-14H,1,15-16H2,2-4H3. The molecule has 3 aromatic rings. The van der Waals surface area contributed by atoms with Crippen LogP contribution < -0.4 is 14.4 Å². The smallest absolute Gasteiger partial charge is 0.118 e. The highest BCUT2D eigenvalue weighted by Gasteiger charge is 2.12. The van der Waals surface area contributed by atoms with Gasteiger partial charge < -0.3 is 14.4 Å². The molecule has 29 heavy (non-hydrogen) atoms. The van der Waals surface area contributed by atoms with Gasteiger partial charge in [0.05, 0.1) is 19.9 Å². The lowest BCUT2D eigenvalue weighted by atomic mass is 10.1. The molecule has 3 rings (SSSR count). The fourth-order valence-electron chi connectivity index (χ4n) is 3.03. The van der Waals surface area contributed by atoms with Crippen molar-refractivity contribution >= 4 is 27.2 Å². The van der Waals surface area contributed by atoms with Crippen LogP contribution in [0.4, 0.5) is 5.69 Å². The molecule has 0 atom stereocenters. The predicted octanol–water partition coefficient (Wildman–Crippen LogP) is 6.10. The summed E-state index contributed by atoms with van der Waals surface area (Å²) in [4.78, 5) is 6.85. The van der Waals surface area contributed by atoms with Crippen molar-refractivity contribution in [3.05, 3.63) is 88.7 Å². The van der Waals surface area contributed by atoms with E-state index in [1.165, 1.54) is 11.1 Å². The van der Waals surface area contributed by atoms with Gasteiger partial charge in [-0.15, -0.1) is 0 Å². The number of hydrogen-bond donors (Lipinski definition) is 0. The zero-order valence-corrected chi connectivity index (χ0v) is 18.6. The second kappa shape index (κ2) is 9.61. The highest BCUT2D eigenvalue weighted by Crippen LogP contribution is 2.27. The summed E-state index contributed by atoms with van der Waals surface area (Å²) in [5.74, 6) is 1.71. The minimum Gasteiger partial charge on any atom is -0.497 e. The van der Waals surface area contributed by atoms with Crippen molar-refractivity contribution in [3.8, 4) is 11.5 Å². The molecule has 0 spiro atoms. The first-order valence-corrected chi connectivity index (χ1v) is 10.1. The Bertz CT molecular complexity index is 920. The summed E-state index contributed by atoms with van der Waals surface area (Å²) in [6.45, 7) is 7.52. The molecular formula is C24H25BrN2O2. The van der Waals surface area contributed by atoms with E-state index in [1.807, 2.05) is 37.3 Å². The normalized spacial score (nSPS) is 10.5. The molecule has 1 heterocycles. The minimum absolute atomic E-state index is 0.752. The van der Waals surface area contributed by atoms with Gasteiger partial charge in [-0.2, -0.15) is 0 Å². The van der Waals surface area contributed by atoms with Crippen LogP contribution in [0.2, 0.25) is 0 Å². The molecule has 5 heteroatoms. The Labute approximate surface area is 180 Å². The molecule has 0 aliphatic rings. The Morgan fingerprint density at radius 3 is 1.79 bits per heavy atom. The fraction of sp³-hybridized carbons (Fsp3) is 0.208. The monoisotopic (exact) mass is 452 g/mol. The first-order chi connectivity index (χ1) is 14.0. The number of pyridine rings is 1. The van der Waals surface area contributed by atoms with Crippen LogP contribution >= 0.6 is 15.9 Å². The van der Waals surface area contributed by atoms with E-state index in [1.54, 1.807) is 14.2 Å². The maximum atomic E-state index is 5.28. The van der Waals surface area contributed by atoms with Crippen LogP contribution in [0.25, 0.3) is 5.57 Å². The van der Waals surface area contributed by atoms with Crippen LogP contribution in [0.1, 0.15) is 23.7 Å². The van der Waals surface area contributed by atoms with E-state index >= 15 is 0 Å². The summed E-state index contributed by atoms with van der Waals surface area (Å²) >= 11 is 3.55. The second-order valence-corrected chi connectivity index (χ2v) is 7.68. The molecule has 0 aliphatic heterocycles. The summed E-state index contributed by atoms with van der Waals surface area (Å²) in [7, 11) is 3.36. The van der Waals surface area contributed by atoms with E-state index in [4.69, 9.17) is 9.47 Å². The Morgan fingerprint density at radius 2 is 1.38 bits per heavy atom. The van der Waals surface area contributed by atoms with Gasteiger partial charge >= 0.3 is 0 Å². The zero-order valence-electron chi connectivity index (χ0n) is 17.0. The van der Waals surface area contributed by atoms with Crippen molar-refractivity contribution in [2.75, 3.05) is 19.1 Å². The topological polar surface area (TPSA) is 34.6 Å². The number of allylic oxidation sites excluding steroid dienone is 1. The van der Waals surface area contributed by atoms with Gasteiger partial charge in [0.15, 0.2) is 0 Å². The molecule has 0 aliphatic carbocycles. The third-order valence-corrected chi connectivity index (χ3v) is 5.05. The van der Waals surface area contributed by atoms with Crippen LogP contribution in [0.5, 0.6) is 11.5 Å². The summed E-state index contributed by atoms with van der Waals surface area (Å²) in [5, 5.41) is 0. The van der Waals surface area contributed by atoms with Crippen LogP contribution in [-0.2, 0) is 13.1 Å². The third kappa shape index (κ3) is 5.61. The Balaban J connectivity index is 1.94. The third-order valence-electron chi connectivity index (χ3n) is 4.65. The summed E-state index contributed by atoms with van der Waals surface area (Å²) in [6.07, 6.45) is 0. The van der Waals surface area contributed by atoms with Gasteiger partial charge in [-0.05, 0) is 76.0 Å². The molecule has 150 valence electrons. The number of ether oxygens (including phenoxy) is 2. The van der Waals surface area contributed by atoms with Crippen LogP contribution in [-0.4, -0.2) is 19.2 Å². The molecule has 0 fully saturated rings. The minimum atomic E-state index is 0.752. The Hall–Kier alpha value is -2.79. The van der Waals surface area contributed by atoms with Crippen molar-refractivity contribution in [1.29, 1.82) is 0 Å². The average molecular weight is 453 g/mol. The summed E-state index contributed by atoms with van der Waals surface area (Å²) < 4.78 is 11.4. The van der Waals surface area contributed by atoms with Gasteiger partial charge in [-0.1, -0.05) is 30.8 Å². The number of halogens is 1. The molecule has 0 unspecified atom stereocenters. The molecule has 0 amide bonds. The second-order valence-electron chi connectivity index (χ2n) is 6.87. The van der Waals surface area contributed by atoms with Gasteiger partial charge in [0.25, 0.3) is 0 Å². The van der Waals surface area contributed by atoms with Gasteiger partial charge in [-0.25, -0.2) is 4.98 Å². The number of nitrogens with zero attached hydrogens (tertiary/aromatic N) is 2. The van der Waals surface area contributed by atoms with Crippen molar-refractivity contribution in [2.45, 2.75) is 20.0 Å². The first-order valence-electron chi connectivity index (χ1n) is 9.33. The van der Waals surface area contributed by atoms with Crippen LogP contribution in [0.3, 0.4) is 0 Å².